The number of halogens is 2. The molecule has 2 heterocycles. The summed E-state index contributed by atoms with van der Waals surface area (Å²) in [6.07, 6.45) is 0. The van der Waals surface area contributed by atoms with Crippen molar-refractivity contribution >= 4 is 32.8 Å². The molecule has 4 heteroatoms. The minimum Gasteiger partial charge on any atom is -0.455 e. The fraction of sp³-hybridized carbons (Fsp3) is 0.125. The number of aromatic nitrogens is 1. The third-order valence-corrected chi connectivity index (χ3v) is 5.63. The molecule has 3 aromatic carbocycles. The van der Waals surface area contributed by atoms with Gasteiger partial charge in [0.25, 0.3) is 0 Å². The summed E-state index contributed by atoms with van der Waals surface area (Å²) in [5, 5.41) is 2.69. The molecular weight excluding hydrogens is 356 g/mol. The number of furan rings is 1. The Morgan fingerprint density at radius 3 is 2.39 bits per heavy atom. The van der Waals surface area contributed by atoms with Crippen molar-refractivity contribution in [2.24, 2.45) is 7.05 Å². The molecule has 0 aliphatic rings. The molecule has 5 rings (SSSR count). The molecule has 0 amide bonds. The number of benzene rings is 3. The quantitative estimate of drug-likeness (QED) is 0.323. The summed E-state index contributed by atoms with van der Waals surface area (Å²) in [4.78, 5) is 0. The van der Waals surface area contributed by atoms with E-state index in [0.29, 0.717) is 5.58 Å². The van der Waals surface area contributed by atoms with E-state index in [1.165, 1.54) is 24.3 Å². The van der Waals surface area contributed by atoms with Crippen molar-refractivity contribution in [3.63, 3.8) is 0 Å². The standard InChI is InChI=1S/C24H18F2NO/c1-13-10-19-18-7-5-17(26)12-22(18)28-24(19)23(14(13)2)21-8-4-15-11-16(25)6-9-20(15)27(21)3/h4-12H,1-3H3/q+1. The second-order valence-electron chi connectivity index (χ2n) is 7.29. The van der Waals surface area contributed by atoms with E-state index in [1.54, 1.807) is 12.1 Å². The Labute approximate surface area is 160 Å². The average molecular weight is 374 g/mol. The van der Waals surface area contributed by atoms with E-state index >= 15 is 0 Å². The first-order valence-corrected chi connectivity index (χ1v) is 9.14. The Hall–Kier alpha value is -3.27. The first-order valence-electron chi connectivity index (χ1n) is 9.14. The number of hydrogen-bond acceptors (Lipinski definition) is 1. The van der Waals surface area contributed by atoms with Crippen LogP contribution in [0, 0.1) is 25.5 Å². The van der Waals surface area contributed by atoms with Crippen molar-refractivity contribution in [3.05, 3.63) is 77.4 Å². The smallest absolute Gasteiger partial charge is 0.216 e. The highest BCUT2D eigenvalue weighted by Crippen LogP contribution is 2.39. The highest BCUT2D eigenvalue weighted by Gasteiger charge is 2.23. The Balaban J connectivity index is 1.92. The summed E-state index contributed by atoms with van der Waals surface area (Å²) >= 11 is 0. The van der Waals surface area contributed by atoms with Crippen molar-refractivity contribution in [2.45, 2.75) is 13.8 Å². The lowest BCUT2D eigenvalue weighted by atomic mass is 9.96. The summed E-state index contributed by atoms with van der Waals surface area (Å²) in [5.74, 6) is -0.575. The lowest BCUT2D eigenvalue weighted by Gasteiger charge is -2.10. The molecule has 2 nitrogen and oxygen atoms in total. The molecule has 2 aromatic heterocycles. The summed E-state index contributed by atoms with van der Waals surface area (Å²) < 4.78 is 35.5. The zero-order valence-electron chi connectivity index (χ0n) is 15.8. The summed E-state index contributed by atoms with van der Waals surface area (Å²) in [6.45, 7) is 4.13. The van der Waals surface area contributed by atoms with Gasteiger partial charge in [-0.2, -0.15) is 4.57 Å². The molecule has 0 aliphatic carbocycles. The molecular formula is C24H18F2NO+. The Morgan fingerprint density at radius 1 is 0.821 bits per heavy atom. The number of fused-ring (bicyclic) bond motifs is 4. The lowest BCUT2D eigenvalue weighted by Crippen LogP contribution is -2.32. The van der Waals surface area contributed by atoms with Crippen molar-refractivity contribution in [2.75, 3.05) is 0 Å². The SMILES string of the molecule is Cc1cc2c(oc3cc(F)ccc32)c(-c2ccc3cc(F)ccc3[n+]2C)c1C. The fourth-order valence-electron chi connectivity index (χ4n) is 4.05. The number of nitrogens with zero attached hydrogens (tertiary/aromatic N) is 1. The minimum atomic E-state index is -0.320. The average Bonchev–Trinajstić information content (AvgIpc) is 3.00. The van der Waals surface area contributed by atoms with Crippen LogP contribution >= 0.6 is 0 Å². The first kappa shape index (κ1) is 16.9. The molecule has 0 aliphatic heterocycles. The topological polar surface area (TPSA) is 17.0 Å². The molecule has 0 bridgehead atoms. The van der Waals surface area contributed by atoms with Crippen LogP contribution in [-0.2, 0) is 7.05 Å². The van der Waals surface area contributed by atoms with Gasteiger partial charge < -0.3 is 4.42 Å². The van der Waals surface area contributed by atoms with E-state index in [-0.39, 0.29) is 11.6 Å². The van der Waals surface area contributed by atoms with Gasteiger partial charge in [0, 0.05) is 34.4 Å². The first-order chi connectivity index (χ1) is 13.4. The van der Waals surface area contributed by atoms with Gasteiger partial charge in [-0.25, -0.2) is 8.78 Å². The maximum atomic E-state index is 13.7. The lowest BCUT2D eigenvalue weighted by molar-refractivity contribution is -0.633. The summed E-state index contributed by atoms with van der Waals surface area (Å²) in [6, 6.07) is 15.4. The molecule has 0 atom stereocenters. The molecule has 0 radical (unpaired) electrons. The van der Waals surface area contributed by atoms with E-state index in [0.717, 1.165) is 49.6 Å². The van der Waals surface area contributed by atoms with Crippen LogP contribution in [0.25, 0.3) is 44.1 Å². The number of pyridine rings is 1. The van der Waals surface area contributed by atoms with Crippen molar-refractivity contribution in [3.8, 4) is 11.3 Å². The van der Waals surface area contributed by atoms with Crippen LogP contribution in [0.5, 0.6) is 0 Å². The van der Waals surface area contributed by atoms with Crippen LogP contribution in [0.2, 0.25) is 0 Å². The molecule has 138 valence electrons. The van der Waals surface area contributed by atoms with Crippen molar-refractivity contribution in [1.29, 1.82) is 0 Å². The Kier molecular flexibility index (Phi) is 3.53. The van der Waals surface area contributed by atoms with E-state index in [2.05, 4.69) is 19.9 Å². The van der Waals surface area contributed by atoms with Gasteiger partial charge in [-0.15, -0.1) is 0 Å². The van der Waals surface area contributed by atoms with E-state index < -0.39 is 0 Å². The van der Waals surface area contributed by atoms with Crippen LogP contribution in [0.4, 0.5) is 8.78 Å². The predicted molar refractivity (Wildman–Crippen MR) is 107 cm³/mol. The van der Waals surface area contributed by atoms with Gasteiger partial charge in [0.05, 0.1) is 5.56 Å². The molecule has 28 heavy (non-hydrogen) atoms. The number of hydrogen-bond donors (Lipinski definition) is 0. The molecule has 5 aromatic rings. The maximum absolute atomic E-state index is 13.7. The van der Waals surface area contributed by atoms with E-state index in [1.807, 2.05) is 23.7 Å². The van der Waals surface area contributed by atoms with Crippen molar-refractivity contribution in [1.82, 2.24) is 0 Å². The molecule has 0 N–H and O–H groups in total. The largest absolute Gasteiger partial charge is 0.455 e. The number of aryl methyl sites for hydroxylation is 2. The highest BCUT2D eigenvalue weighted by atomic mass is 19.1. The van der Waals surface area contributed by atoms with E-state index in [9.17, 15) is 8.78 Å². The van der Waals surface area contributed by atoms with Gasteiger partial charge in [-0.05, 0) is 61.4 Å². The van der Waals surface area contributed by atoms with Gasteiger partial charge >= 0.3 is 0 Å². The normalized spacial score (nSPS) is 11.8. The van der Waals surface area contributed by atoms with E-state index in [4.69, 9.17) is 4.42 Å². The Morgan fingerprint density at radius 2 is 1.57 bits per heavy atom. The minimum absolute atomic E-state index is 0.256. The fourth-order valence-corrected chi connectivity index (χ4v) is 4.05. The number of rotatable bonds is 1. The third-order valence-electron chi connectivity index (χ3n) is 5.63. The van der Waals surface area contributed by atoms with Crippen molar-refractivity contribution < 1.29 is 17.8 Å². The molecule has 0 unspecified atom stereocenters. The monoisotopic (exact) mass is 374 g/mol. The van der Waals surface area contributed by atoms with Gasteiger partial charge in [-0.3, -0.25) is 0 Å². The second kappa shape index (κ2) is 5.86. The second-order valence-corrected chi connectivity index (χ2v) is 7.29. The zero-order valence-corrected chi connectivity index (χ0v) is 15.8. The van der Waals surface area contributed by atoms with Gasteiger partial charge in [0.2, 0.25) is 11.2 Å². The summed E-state index contributed by atoms with van der Waals surface area (Å²) in [7, 11) is 1.96. The van der Waals surface area contributed by atoms with Crippen LogP contribution in [0.15, 0.2) is 59.0 Å². The molecule has 0 fully saturated rings. The van der Waals surface area contributed by atoms with Crippen LogP contribution in [0.1, 0.15) is 11.1 Å². The van der Waals surface area contributed by atoms with Gasteiger partial charge in [0.1, 0.15) is 29.8 Å². The molecule has 0 spiro atoms. The van der Waals surface area contributed by atoms with Crippen LogP contribution in [-0.4, -0.2) is 0 Å². The molecule has 0 saturated heterocycles. The van der Waals surface area contributed by atoms with Gasteiger partial charge in [-0.1, -0.05) is 0 Å². The zero-order chi connectivity index (χ0) is 19.6. The van der Waals surface area contributed by atoms with Crippen LogP contribution in [0.3, 0.4) is 0 Å². The molecule has 0 saturated carbocycles. The predicted octanol–water partition coefficient (Wildman–Crippen LogP) is 6.13. The third kappa shape index (κ3) is 2.34. The summed E-state index contributed by atoms with van der Waals surface area (Å²) in [5.41, 5.74) is 6.37. The highest BCUT2D eigenvalue weighted by molar-refractivity contribution is 6.10. The Bertz CT molecular complexity index is 1420. The van der Waals surface area contributed by atoms with Gasteiger partial charge in [0.15, 0.2) is 0 Å². The maximum Gasteiger partial charge on any atom is 0.216 e. The van der Waals surface area contributed by atoms with Crippen LogP contribution < -0.4 is 4.57 Å².